The second-order valence-electron chi connectivity index (χ2n) is 4.97. The summed E-state index contributed by atoms with van der Waals surface area (Å²) in [5.74, 6) is 0.659. The zero-order chi connectivity index (χ0) is 15.2. The van der Waals surface area contributed by atoms with Crippen molar-refractivity contribution in [3.05, 3.63) is 30.3 Å². The van der Waals surface area contributed by atoms with Crippen LogP contribution in [0.5, 0.6) is 0 Å². The Hall–Kier alpha value is -1.86. The van der Waals surface area contributed by atoms with Gasteiger partial charge in [0.1, 0.15) is 0 Å². The van der Waals surface area contributed by atoms with Gasteiger partial charge in [-0.15, -0.1) is 10.2 Å². The highest BCUT2D eigenvalue weighted by molar-refractivity contribution is 7.99. The molecule has 1 aromatic carbocycles. The highest BCUT2D eigenvalue weighted by Crippen LogP contribution is 2.22. The molecule has 1 aliphatic heterocycles. The van der Waals surface area contributed by atoms with Crippen molar-refractivity contribution >= 4 is 17.7 Å². The fourth-order valence-corrected chi connectivity index (χ4v) is 2.77. The molecule has 2 heterocycles. The minimum absolute atomic E-state index is 0.0556. The molecular formula is C15H17N3O3S. The van der Waals surface area contributed by atoms with Crippen LogP contribution >= 0.6 is 11.8 Å². The first kappa shape index (κ1) is 15.1. The van der Waals surface area contributed by atoms with Crippen LogP contribution in [0.4, 0.5) is 0 Å². The lowest BCUT2D eigenvalue weighted by atomic mass is 10.2. The quantitative estimate of drug-likeness (QED) is 0.822. The lowest BCUT2D eigenvalue weighted by Crippen LogP contribution is -2.32. The van der Waals surface area contributed by atoms with Gasteiger partial charge in [-0.3, -0.25) is 4.79 Å². The topological polar surface area (TPSA) is 77.2 Å². The second-order valence-corrected chi connectivity index (χ2v) is 5.89. The number of benzene rings is 1. The first-order valence-corrected chi connectivity index (χ1v) is 8.20. The summed E-state index contributed by atoms with van der Waals surface area (Å²) in [5.41, 5.74) is 0.865. The fraction of sp³-hybridized carbons (Fsp3) is 0.400. The van der Waals surface area contributed by atoms with E-state index >= 15 is 0 Å². The van der Waals surface area contributed by atoms with Crippen LogP contribution < -0.4 is 5.32 Å². The van der Waals surface area contributed by atoms with Crippen LogP contribution in [0, 0.1) is 0 Å². The van der Waals surface area contributed by atoms with E-state index in [0.717, 1.165) is 25.0 Å². The first-order valence-electron chi connectivity index (χ1n) is 7.21. The molecule has 1 fully saturated rings. The Morgan fingerprint density at radius 3 is 2.95 bits per heavy atom. The van der Waals surface area contributed by atoms with Crippen LogP contribution in [0.3, 0.4) is 0 Å². The molecule has 0 spiro atoms. The van der Waals surface area contributed by atoms with Gasteiger partial charge in [-0.1, -0.05) is 30.0 Å². The van der Waals surface area contributed by atoms with Crippen LogP contribution in [-0.4, -0.2) is 41.1 Å². The van der Waals surface area contributed by atoms with Gasteiger partial charge in [-0.05, 0) is 25.0 Å². The predicted molar refractivity (Wildman–Crippen MR) is 82.4 cm³/mol. The number of nitrogens with one attached hydrogen (secondary N) is 1. The van der Waals surface area contributed by atoms with Crippen molar-refractivity contribution < 1.29 is 13.9 Å². The van der Waals surface area contributed by atoms with Gasteiger partial charge in [0.2, 0.25) is 11.8 Å². The smallest absolute Gasteiger partial charge is 0.277 e. The van der Waals surface area contributed by atoms with Crippen molar-refractivity contribution in [3.63, 3.8) is 0 Å². The molecule has 116 valence electrons. The molecule has 0 saturated carbocycles. The lowest BCUT2D eigenvalue weighted by Gasteiger charge is -2.09. The molecule has 22 heavy (non-hydrogen) atoms. The van der Waals surface area contributed by atoms with E-state index < -0.39 is 0 Å². The Kier molecular flexibility index (Phi) is 5.07. The number of carbonyl (C=O) groups excluding carboxylic acids is 1. The van der Waals surface area contributed by atoms with Gasteiger partial charge < -0.3 is 14.5 Å². The van der Waals surface area contributed by atoms with Crippen LogP contribution in [0.2, 0.25) is 0 Å². The summed E-state index contributed by atoms with van der Waals surface area (Å²) in [6.45, 7) is 1.36. The molecule has 2 aromatic rings. The highest BCUT2D eigenvalue weighted by atomic mass is 32.2. The summed E-state index contributed by atoms with van der Waals surface area (Å²) in [6.07, 6.45) is 2.24. The minimum Gasteiger partial charge on any atom is -0.411 e. The molecule has 1 atom stereocenters. The maximum absolute atomic E-state index is 11.8. The number of hydrogen-bond donors (Lipinski definition) is 1. The monoisotopic (exact) mass is 319 g/mol. The molecule has 0 aliphatic carbocycles. The number of ether oxygens (including phenoxy) is 1. The summed E-state index contributed by atoms with van der Waals surface area (Å²) in [6, 6.07) is 9.54. The molecule has 1 aromatic heterocycles. The van der Waals surface area contributed by atoms with Gasteiger partial charge >= 0.3 is 0 Å². The van der Waals surface area contributed by atoms with Crippen LogP contribution in [0.25, 0.3) is 11.5 Å². The molecule has 0 radical (unpaired) electrons. The molecular weight excluding hydrogens is 302 g/mol. The summed E-state index contributed by atoms with van der Waals surface area (Å²) < 4.78 is 11.0. The molecule has 6 nitrogen and oxygen atoms in total. The summed E-state index contributed by atoms with van der Waals surface area (Å²) in [7, 11) is 0. The zero-order valence-electron chi connectivity index (χ0n) is 12.0. The summed E-state index contributed by atoms with van der Waals surface area (Å²) in [5, 5.41) is 11.2. The van der Waals surface area contributed by atoms with E-state index in [0.29, 0.717) is 17.7 Å². The van der Waals surface area contributed by atoms with Crippen molar-refractivity contribution in [2.45, 2.75) is 24.2 Å². The largest absolute Gasteiger partial charge is 0.411 e. The standard InChI is InChI=1S/C15H17N3O3S/c19-13(16-9-12-7-4-8-20-12)10-22-15-18-17-14(21-15)11-5-2-1-3-6-11/h1-3,5-6,12H,4,7-10H2,(H,16,19)/t12-/m0/s1. The van der Waals surface area contributed by atoms with Gasteiger partial charge in [-0.2, -0.15) is 0 Å². The number of rotatable bonds is 6. The highest BCUT2D eigenvalue weighted by Gasteiger charge is 2.16. The van der Waals surface area contributed by atoms with E-state index in [-0.39, 0.29) is 17.8 Å². The van der Waals surface area contributed by atoms with Gasteiger partial charge in [0, 0.05) is 18.7 Å². The van der Waals surface area contributed by atoms with Crippen LogP contribution in [0.15, 0.2) is 40.0 Å². The number of amides is 1. The second kappa shape index (κ2) is 7.42. The lowest BCUT2D eigenvalue weighted by molar-refractivity contribution is -0.119. The summed E-state index contributed by atoms with van der Waals surface area (Å²) >= 11 is 1.23. The minimum atomic E-state index is -0.0556. The average Bonchev–Trinajstić information content (AvgIpc) is 3.23. The van der Waals surface area contributed by atoms with Crippen molar-refractivity contribution in [2.24, 2.45) is 0 Å². The molecule has 7 heteroatoms. The van der Waals surface area contributed by atoms with Crippen molar-refractivity contribution in [2.75, 3.05) is 18.9 Å². The van der Waals surface area contributed by atoms with E-state index in [1.54, 1.807) is 0 Å². The van der Waals surface area contributed by atoms with E-state index in [2.05, 4.69) is 15.5 Å². The molecule has 1 amide bonds. The Morgan fingerprint density at radius 2 is 2.18 bits per heavy atom. The maximum Gasteiger partial charge on any atom is 0.277 e. The third-order valence-electron chi connectivity index (χ3n) is 3.30. The van der Waals surface area contributed by atoms with E-state index in [1.807, 2.05) is 30.3 Å². The number of thioether (sulfide) groups is 1. The van der Waals surface area contributed by atoms with Crippen molar-refractivity contribution in [1.29, 1.82) is 0 Å². The Labute approximate surface area is 132 Å². The molecule has 1 aliphatic rings. The molecule has 1 saturated heterocycles. The summed E-state index contributed by atoms with van der Waals surface area (Å²) in [4.78, 5) is 11.8. The number of aromatic nitrogens is 2. The first-order chi connectivity index (χ1) is 10.8. The Bertz CT molecular complexity index is 612. The van der Waals surface area contributed by atoms with E-state index in [4.69, 9.17) is 9.15 Å². The maximum atomic E-state index is 11.8. The fourth-order valence-electron chi connectivity index (χ4n) is 2.18. The number of carbonyl (C=O) groups is 1. The van der Waals surface area contributed by atoms with Crippen molar-refractivity contribution in [3.8, 4) is 11.5 Å². The van der Waals surface area contributed by atoms with Crippen LogP contribution in [-0.2, 0) is 9.53 Å². The van der Waals surface area contributed by atoms with Gasteiger partial charge in [0.15, 0.2) is 0 Å². The molecule has 0 unspecified atom stereocenters. The normalized spacial score (nSPS) is 17.5. The van der Waals surface area contributed by atoms with Crippen LogP contribution in [0.1, 0.15) is 12.8 Å². The van der Waals surface area contributed by atoms with Gasteiger partial charge in [-0.25, -0.2) is 0 Å². The van der Waals surface area contributed by atoms with E-state index in [1.165, 1.54) is 11.8 Å². The Balaban J connectivity index is 1.45. The third kappa shape index (κ3) is 4.08. The third-order valence-corrected chi connectivity index (χ3v) is 4.12. The van der Waals surface area contributed by atoms with Gasteiger partial charge in [0.05, 0.1) is 11.9 Å². The zero-order valence-corrected chi connectivity index (χ0v) is 12.8. The van der Waals surface area contributed by atoms with E-state index in [9.17, 15) is 4.79 Å². The SMILES string of the molecule is O=C(CSc1nnc(-c2ccccc2)o1)NC[C@@H]1CCCO1. The molecule has 1 N–H and O–H groups in total. The van der Waals surface area contributed by atoms with Gasteiger partial charge in [0.25, 0.3) is 5.22 Å². The number of hydrogen-bond acceptors (Lipinski definition) is 6. The molecule has 0 bridgehead atoms. The van der Waals surface area contributed by atoms with Crippen molar-refractivity contribution in [1.82, 2.24) is 15.5 Å². The predicted octanol–water partition coefficient (Wildman–Crippen LogP) is 2.12. The average molecular weight is 319 g/mol. The Morgan fingerprint density at radius 1 is 1.32 bits per heavy atom. The number of nitrogens with zero attached hydrogens (tertiary/aromatic N) is 2. The molecule has 3 rings (SSSR count).